The van der Waals surface area contributed by atoms with E-state index in [0.717, 1.165) is 5.56 Å². The van der Waals surface area contributed by atoms with E-state index in [1.54, 1.807) is 0 Å². The number of hydrogen-bond acceptors (Lipinski definition) is 3. The standard InChI is InChI=1S/C11H17BN2O2/c12-11(16)14-9(10(15)7-13)6-8-4-2-1-3-5-8/h1-5,9-10,15H,6-7,12-13H2,(H,14,16)/t9-,10+/m0/s1. The van der Waals surface area contributed by atoms with Crippen LogP contribution in [0.15, 0.2) is 30.3 Å². The summed E-state index contributed by atoms with van der Waals surface area (Å²) in [5, 5.41) is 12.4. The maximum Gasteiger partial charge on any atom is 0.215 e. The Balaban J connectivity index is 2.67. The maximum absolute atomic E-state index is 11.0. The Morgan fingerprint density at radius 1 is 1.44 bits per heavy atom. The van der Waals surface area contributed by atoms with Crippen LogP contribution in [0.5, 0.6) is 0 Å². The molecule has 1 rings (SSSR count). The van der Waals surface area contributed by atoms with Gasteiger partial charge in [-0.2, -0.15) is 0 Å². The van der Waals surface area contributed by atoms with Crippen molar-refractivity contribution in [2.45, 2.75) is 18.6 Å². The minimum atomic E-state index is -0.718. The third-order valence-electron chi connectivity index (χ3n) is 2.39. The topological polar surface area (TPSA) is 75.3 Å². The molecule has 5 heteroatoms. The van der Waals surface area contributed by atoms with E-state index in [2.05, 4.69) is 5.32 Å². The quantitative estimate of drug-likeness (QED) is 0.572. The summed E-state index contributed by atoms with van der Waals surface area (Å²) in [6.07, 6.45) is -0.136. The number of amides is 1. The molecule has 4 N–H and O–H groups in total. The summed E-state index contributed by atoms with van der Waals surface area (Å²) >= 11 is 0. The lowest BCUT2D eigenvalue weighted by Crippen LogP contribution is -2.47. The first kappa shape index (κ1) is 12.7. The molecule has 0 aromatic heterocycles. The van der Waals surface area contributed by atoms with Crippen LogP contribution in [-0.2, 0) is 6.42 Å². The zero-order chi connectivity index (χ0) is 12.0. The summed E-state index contributed by atoms with van der Waals surface area (Å²) in [5.74, 6) is -0.159. The molecule has 0 radical (unpaired) electrons. The van der Waals surface area contributed by atoms with Gasteiger partial charge in [-0.15, -0.1) is 0 Å². The van der Waals surface area contributed by atoms with Gasteiger partial charge in [0.25, 0.3) is 0 Å². The van der Waals surface area contributed by atoms with Crippen LogP contribution in [0, 0.1) is 0 Å². The van der Waals surface area contributed by atoms with Gasteiger partial charge in [-0.25, -0.2) is 0 Å². The summed E-state index contributed by atoms with van der Waals surface area (Å²) in [5.41, 5.74) is 6.46. The lowest BCUT2D eigenvalue weighted by atomic mass is 9.99. The summed E-state index contributed by atoms with van der Waals surface area (Å²) in [4.78, 5) is 11.0. The molecule has 0 spiro atoms. The van der Waals surface area contributed by atoms with Gasteiger partial charge in [-0.05, 0) is 12.0 Å². The highest BCUT2D eigenvalue weighted by Crippen LogP contribution is 2.05. The van der Waals surface area contributed by atoms with E-state index in [9.17, 15) is 9.90 Å². The van der Waals surface area contributed by atoms with Gasteiger partial charge in [-0.3, -0.25) is 4.79 Å². The summed E-state index contributed by atoms with van der Waals surface area (Å²) in [6.45, 7) is 0.137. The van der Waals surface area contributed by atoms with Crippen LogP contribution in [0.1, 0.15) is 5.56 Å². The van der Waals surface area contributed by atoms with Gasteiger partial charge in [-0.1, -0.05) is 30.3 Å². The van der Waals surface area contributed by atoms with Crippen molar-refractivity contribution in [1.82, 2.24) is 5.32 Å². The monoisotopic (exact) mass is 220 g/mol. The third kappa shape index (κ3) is 4.04. The number of carbonyl (C=O) groups excluding carboxylic acids is 1. The van der Waals surface area contributed by atoms with Gasteiger partial charge >= 0.3 is 0 Å². The molecule has 2 atom stereocenters. The molecule has 86 valence electrons. The molecule has 0 aliphatic heterocycles. The maximum atomic E-state index is 11.0. The minimum Gasteiger partial charge on any atom is -0.390 e. The first-order valence-electron chi connectivity index (χ1n) is 5.32. The Morgan fingerprint density at radius 2 is 2.06 bits per heavy atom. The SMILES string of the molecule is BC(=O)N[C@@H](Cc1ccccc1)[C@H](O)CN. The van der Waals surface area contributed by atoms with Gasteiger partial charge in [0.15, 0.2) is 5.81 Å². The third-order valence-corrected chi connectivity index (χ3v) is 2.39. The number of carbonyl (C=O) groups is 1. The van der Waals surface area contributed by atoms with Crippen LogP contribution in [0.4, 0.5) is 4.79 Å². The van der Waals surface area contributed by atoms with E-state index in [-0.39, 0.29) is 18.4 Å². The van der Waals surface area contributed by atoms with Crippen LogP contribution in [0.25, 0.3) is 0 Å². The normalized spacial score (nSPS) is 14.1. The van der Waals surface area contributed by atoms with Crippen molar-refractivity contribution in [3.05, 3.63) is 35.9 Å². The number of nitrogens with one attached hydrogen (secondary N) is 1. The van der Waals surface area contributed by atoms with E-state index >= 15 is 0 Å². The predicted octanol–water partition coefficient (Wildman–Crippen LogP) is -0.740. The van der Waals surface area contributed by atoms with Gasteiger partial charge in [0.05, 0.1) is 12.1 Å². The highest BCUT2D eigenvalue weighted by Gasteiger charge is 2.18. The van der Waals surface area contributed by atoms with Crippen LogP contribution >= 0.6 is 0 Å². The Hall–Kier alpha value is -1.33. The number of benzene rings is 1. The highest BCUT2D eigenvalue weighted by molar-refractivity contribution is 6.57. The molecule has 0 bridgehead atoms. The average molecular weight is 220 g/mol. The average Bonchev–Trinajstić information content (AvgIpc) is 2.28. The number of hydrogen-bond donors (Lipinski definition) is 3. The fourth-order valence-electron chi connectivity index (χ4n) is 1.58. The Morgan fingerprint density at radius 3 is 2.56 bits per heavy atom. The molecule has 0 heterocycles. The molecule has 0 saturated carbocycles. The van der Waals surface area contributed by atoms with Crippen molar-refractivity contribution in [1.29, 1.82) is 0 Å². The minimum absolute atomic E-state index is 0.137. The second kappa shape index (κ2) is 6.30. The molecule has 4 nitrogen and oxygen atoms in total. The summed E-state index contributed by atoms with van der Waals surface area (Å²) in [7, 11) is 1.43. The van der Waals surface area contributed by atoms with Crippen LogP contribution in [0.3, 0.4) is 0 Å². The fraction of sp³-hybridized carbons (Fsp3) is 0.364. The van der Waals surface area contributed by atoms with E-state index in [1.165, 1.54) is 7.85 Å². The molecular formula is C11H17BN2O2. The molecule has 1 amide bonds. The second-order valence-electron chi connectivity index (χ2n) is 3.80. The van der Waals surface area contributed by atoms with Crippen molar-refractivity contribution in [2.24, 2.45) is 5.73 Å². The van der Waals surface area contributed by atoms with E-state index in [1.807, 2.05) is 30.3 Å². The number of rotatable bonds is 5. The van der Waals surface area contributed by atoms with Crippen LogP contribution in [0.2, 0.25) is 0 Å². The fourth-order valence-corrected chi connectivity index (χ4v) is 1.58. The predicted molar refractivity (Wildman–Crippen MR) is 66.1 cm³/mol. The van der Waals surface area contributed by atoms with Crippen molar-refractivity contribution in [3.8, 4) is 0 Å². The van der Waals surface area contributed by atoms with Crippen LogP contribution in [-0.4, -0.2) is 37.4 Å². The largest absolute Gasteiger partial charge is 0.390 e. The molecule has 1 aromatic carbocycles. The zero-order valence-corrected chi connectivity index (χ0v) is 9.39. The van der Waals surface area contributed by atoms with Crippen molar-refractivity contribution in [3.63, 3.8) is 0 Å². The number of nitrogens with two attached hydrogens (primary N) is 1. The van der Waals surface area contributed by atoms with E-state index in [4.69, 9.17) is 5.73 Å². The Kier molecular flexibility index (Phi) is 5.02. The molecule has 1 aromatic rings. The molecule has 0 unspecified atom stereocenters. The van der Waals surface area contributed by atoms with Gasteiger partial charge in [0.2, 0.25) is 7.85 Å². The molecule has 0 aliphatic carbocycles. The molecule has 0 aliphatic rings. The number of aliphatic hydroxyl groups excluding tert-OH is 1. The Labute approximate surface area is 96.3 Å². The smallest absolute Gasteiger partial charge is 0.215 e. The zero-order valence-electron chi connectivity index (χ0n) is 9.39. The first-order chi connectivity index (χ1) is 7.63. The van der Waals surface area contributed by atoms with Crippen molar-refractivity contribution in [2.75, 3.05) is 6.54 Å². The Bertz CT molecular complexity index is 332. The highest BCUT2D eigenvalue weighted by atomic mass is 16.3. The molecular weight excluding hydrogens is 203 g/mol. The first-order valence-corrected chi connectivity index (χ1v) is 5.32. The van der Waals surface area contributed by atoms with Gasteiger partial charge in [0, 0.05) is 6.54 Å². The van der Waals surface area contributed by atoms with E-state index < -0.39 is 6.10 Å². The van der Waals surface area contributed by atoms with Crippen molar-refractivity contribution < 1.29 is 9.90 Å². The van der Waals surface area contributed by atoms with Gasteiger partial charge in [0.1, 0.15) is 0 Å². The van der Waals surface area contributed by atoms with Crippen LogP contribution < -0.4 is 11.1 Å². The summed E-state index contributed by atoms with van der Waals surface area (Å²) in [6, 6.07) is 9.36. The molecule has 0 fully saturated rings. The molecule has 0 saturated heterocycles. The van der Waals surface area contributed by atoms with E-state index in [0.29, 0.717) is 6.42 Å². The summed E-state index contributed by atoms with van der Waals surface area (Å²) < 4.78 is 0. The van der Waals surface area contributed by atoms with Crippen molar-refractivity contribution >= 4 is 13.7 Å². The van der Waals surface area contributed by atoms with Gasteiger partial charge < -0.3 is 16.2 Å². The molecule has 16 heavy (non-hydrogen) atoms. The lowest BCUT2D eigenvalue weighted by molar-refractivity contribution is 0.138. The second-order valence-corrected chi connectivity index (χ2v) is 3.80. The number of aliphatic hydroxyl groups is 1. The lowest BCUT2D eigenvalue weighted by Gasteiger charge is -2.22.